The van der Waals surface area contributed by atoms with Crippen LogP contribution in [0, 0.1) is 24.4 Å². The van der Waals surface area contributed by atoms with Gasteiger partial charge in [-0.2, -0.15) is 0 Å². The third-order valence-electron chi connectivity index (χ3n) is 7.81. The van der Waals surface area contributed by atoms with Crippen LogP contribution >= 0.6 is 11.6 Å². The number of benzene rings is 2. The van der Waals surface area contributed by atoms with E-state index in [1.165, 1.54) is 24.4 Å². The lowest BCUT2D eigenvalue weighted by atomic mass is 10.0. The van der Waals surface area contributed by atoms with Gasteiger partial charge in [0.05, 0.1) is 10.6 Å². The monoisotopic (exact) mass is 571 g/mol. The number of nitrogens with one attached hydrogen (secondary N) is 1. The minimum absolute atomic E-state index is 0.0794. The van der Waals surface area contributed by atoms with E-state index in [0.717, 1.165) is 63.2 Å². The van der Waals surface area contributed by atoms with Crippen molar-refractivity contribution in [3.63, 3.8) is 0 Å². The second-order valence-electron chi connectivity index (χ2n) is 10.6. The molecular weight excluding hydrogens is 539 g/mol. The Balaban J connectivity index is 1.09. The van der Waals surface area contributed by atoms with Crippen molar-refractivity contribution in [2.75, 3.05) is 44.2 Å². The van der Waals surface area contributed by atoms with E-state index in [-0.39, 0.29) is 18.3 Å². The van der Waals surface area contributed by atoms with Crippen LogP contribution in [-0.4, -0.2) is 66.0 Å². The number of piperidine rings is 1. The fourth-order valence-electron chi connectivity index (χ4n) is 5.50. The van der Waals surface area contributed by atoms with Gasteiger partial charge in [0.2, 0.25) is 0 Å². The molecule has 0 radical (unpaired) electrons. The third-order valence-corrected chi connectivity index (χ3v) is 8.09. The zero-order valence-corrected chi connectivity index (χ0v) is 23.2. The molecule has 2 fully saturated rings. The highest BCUT2D eigenvalue weighted by molar-refractivity contribution is 6.33. The summed E-state index contributed by atoms with van der Waals surface area (Å²) in [5.74, 6) is -1.66. The number of carbonyl (C=O) groups excluding carboxylic acids is 1. The number of hydrogen-bond donors (Lipinski definition) is 1. The van der Waals surface area contributed by atoms with Crippen LogP contribution in [0.2, 0.25) is 5.02 Å². The predicted molar refractivity (Wildman–Crippen MR) is 150 cm³/mol. The highest BCUT2D eigenvalue weighted by atomic mass is 35.5. The number of piperazine rings is 1. The normalized spacial score (nSPS) is 17.3. The summed E-state index contributed by atoms with van der Waals surface area (Å²) in [4.78, 5) is 24.0. The lowest BCUT2D eigenvalue weighted by Crippen LogP contribution is -2.53. The molecule has 3 aromatic rings. The molecule has 1 amide bonds. The summed E-state index contributed by atoms with van der Waals surface area (Å²) in [5.41, 5.74) is 2.36. The van der Waals surface area contributed by atoms with Crippen LogP contribution in [0.25, 0.3) is 0 Å². The van der Waals surface area contributed by atoms with Crippen LogP contribution in [-0.2, 0) is 13.1 Å². The predicted octanol–water partition coefficient (Wildman–Crippen LogP) is 5.18. The Kier molecular flexibility index (Phi) is 8.93. The highest BCUT2D eigenvalue weighted by Gasteiger charge is 2.28. The number of pyridine rings is 1. The fraction of sp³-hybridized carbons (Fsp3) is 0.400. The van der Waals surface area contributed by atoms with Gasteiger partial charge in [-0.05, 0) is 68.2 Å². The first kappa shape index (κ1) is 28.4. The minimum Gasteiger partial charge on any atom is -0.353 e. The zero-order valence-electron chi connectivity index (χ0n) is 22.5. The van der Waals surface area contributed by atoms with Crippen molar-refractivity contribution in [2.24, 2.45) is 0 Å². The van der Waals surface area contributed by atoms with Crippen molar-refractivity contribution in [1.82, 2.24) is 20.1 Å². The number of hydrogen-bond acceptors (Lipinski definition) is 5. The quantitative estimate of drug-likeness (QED) is 0.424. The van der Waals surface area contributed by atoms with Crippen LogP contribution in [0.1, 0.15) is 39.9 Å². The van der Waals surface area contributed by atoms with Crippen molar-refractivity contribution >= 4 is 23.3 Å². The Hall–Kier alpha value is -3.14. The first-order valence-electron chi connectivity index (χ1n) is 13.6. The van der Waals surface area contributed by atoms with Crippen molar-refractivity contribution in [3.05, 3.63) is 93.4 Å². The van der Waals surface area contributed by atoms with E-state index in [2.05, 4.69) is 25.0 Å². The van der Waals surface area contributed by atoms with Crippen molar-refractivity contribution in [1.29, 1.82) is 0 Å². The largest absolute Gasteiger partial charge is 0.353 e. The lowest BCUT2D eigenvalue weighted by molar-refractivity contribution is 0.0950. The zero-order chi connectivity index (χ0) is 28.2. The van der Waals surface area contributed by atoms with Gasteiger partial charge in [0, 0.05) is 57.1 Å². The van der Waals surface area contributed by atoms with Crippen LogP contribution in [0.3, 0.4) is 0 Å². The first-order chi connectivity index (χ1) is 19.3. The maximum absolute atomic E-state index is 14.1. The highest BCUT2D eigenvalue weighted by Crippen LogP contribution is 2.27. The van der Waals surface area contributed by atoms with Crippen molar-refractivity contribution < 1.29 is 18.0 Å². The SMILES string of the molecule is Cc1ccc(CNC(=O)c2cnc(N3CCN(C4CCN(Cc5ccc(F)c(F)c5)CC4)CC3)c(Cl)c2)c(F)c1. The second-order valence-corrected chi connectivity index (χ2v) is 11.0. The van der Waals surface area contributed by atoms with Gasteiger partial charge < -0.3 is 10.2 Å². The molecule has 0 spiro atoms. The molecule has 3 heterocycles. The van der Waals surface area contributed by atoms with Crippen molar-refractivity contribution in [2.45, 2.75) is 38.9 Å². The maximum atomic E-state index is 14.1. The molecule has 0 saturated carbocycles. The number of likely N-dealkylation sites (tertiary alicyclic amines) is 1. The summed E-state index contributed by atoms with van der Waals surface area (Å²) < 4.78 is 40.8. The van der Waals surface area contributed by atoms with Crippen LogP contribution in [0.4, 0.5) is 19.0 Å². The second kappa shape index (κ2) is 12.6. The van der Waals surface area contributed by atoms with Gasteiger partial charge in [0.15, 0.2) is 11.6 Å². The molecule has 1 aromatic heterocycles. The maximum Gasteiger partial charge on any atom is 0.253 e. The minimum atomic E-state index is -0.814. The Labute approximate surface area is 237 Å². The Morgan fingerprint density at radius 1 is 0.950 bits per heavy atom. The van der Waals surface area contributed by atoms with Gasteiger partial charge in [0.25, 0.3) is 5.91 Å². The van der Waals surface area contributed by atoms with Crippen LogP contribution in [0.15, 0.2) is 48.7 Å². The third kappa shape index (κ3) is 6.77. The van der Waals surface area contributed by atoms with Crippen LogP contribution in [0.5, 0.6) is 0 Å². The number of amides is 1. The van der Waals surface area contributed by atoms with E-state index < -0.39 is 11.6 Å². The molecular formula is C30H33ClF3N5O. The summed E-state index contributed by atoms with van der Waals surface area (Å²) >= 11 is 6.55. The average molecular weight is 572 g/mol. The molecule has 1 N–H and O–H groups in total. The van der Waals surface area contributed by atoms with Gasteiger partial charge in [-0.1, -0.05) is 29.8 Å². The summed E-state index contributed by atoms with van der Waals surface area (Å²) in [6.07, 6.45) is 3.56. The lowest BCUT2D eigenvalue weighted by Gasteiger charge is -2.43. The summed E-state index contributed by atoms with van der Waals surface area (Å²) in [5, 5.41) is 3.14. The van der Waals surface area contributed by atoms with E-state index in [1.54, 1.807) is 24.3 Å². The summed E-state index contributed by atoms with van der Waals surface area (Å²) in [6.45, 7) is 7.67. The standard InChI is InChI=1S/C30H33ClF3N5O/c1-20-2-4-22(27(33)14-20)17-36-30(40)23-16-25(31)29(35-18-23)39-12-10-38(11-13-39)24-6-8-37(9-7-24)19-21-3-5-26(32)28(34)15-21/h2-5,14-16,18,24H,6-13,17,19H2,1H3,(H,36,40). The molecule has 2 aliphatic heterocycles. The molecule has 0 unspecified atom stereocenters. The average Bonchev–Trinajstić information content (AvgIpc) is 2.95. The van der Waals surface area contributed by atoms with Gasteiger partial charge in [-0.25, -0.2) is 18.2 Å². The Morgan fingerprint density at radius 2 is 1.70 bits per heavy atom. The molecule has 0 aliphatic carbocycles. The number of anilines is 1. The number of halogens is 4. The number of aromatic nitrogens is 1. The summed E-state index contributed by atoms with van der Waals surface area (Å²) in [7, 11) is 0. The molecule has 0 atom stereocenters. The number of rotatable bonds is 7. The van der Waals surface area contributed by atoms with Crippen molar-refractivity contribution in [3.8, 4) is 0 Å². The molecule has 2 saturated heterocycles. The van der Waals surface area contributed by atoms with E-state index in [0.29, 0.717) is 34.6 Å². The topological polar surface area (TPSA) is 51.7 Å². The molecule has 40 heavy (non-hydrogen) atoms. The summed E-state index contributed by atoms with van der Waals surface area (Å²) in [6, 6.07) is 11.1. The van der Waals surface area contributed by atoms with Gasteiger partial charge in [-0.3, -0.25) is 14.6 Å². The van der Waals surface area contributed by atoms with E-state index in [4.69, 9.17) is 11.6 Å². The molecule has 6 nitrogen and oxygen atoms in total. The Morgan fingerprint density at radius 3 is 2.38 bits per heavy atom. The molecule has 0 bridgehead atoms. The fourth-order valence-corrected chi connectivity index (χ4v) is 5.78. The molecule has 2 aliphatic rings. The van der Waals surface area contributed by atoms with E-state index in [1.807, 2.05) is 6.92 Å². The van der Waals surface area contributed by atoms with E-state index >= 15 is 0 Å². The van der Waals surface area contributed by atoms with E-state index in [9.17, 15) is 18.0 Å². The molecule has 212 valence electrons. The molecule has 5 rings (SSSR count). The van der Waals surface area contributed by atoms with Gasteiger partial charge in [0.1, 0.15) is 11.6 Å². The number of carbonyl (C=O) groups is 1. The van der Waals surface area contributed by atoms with Gasteiger partial charge in [-0.15, -0.1) is 0 Å². The van der Waals surface area contributed by atoms with Gasteiger partial charge >= 0.3 is 0 Å². The molecule has 10 heteroatoms. The number of nitrogens with zero attached hydrogens (tertiary/aromatic N) is 4. The van der Waals surface area contributed by atoms with Crippen LogP contribution < -0.4 is 10.2 Å². The first-order valence-corrected chi connectivity index (χ1v) is 14.0. The molecule has 2 aromatic carbocycles. The smallest absolute Gasteiger partial charge is 0.253 e. The Bertz CT molecular complexity index is 1360. The number of aryl methyl sites for hydroxylation is 1.